The minimum atomic E-state index is -0.649. The molecule has 1 amide bonds. The summed E-state index contributed by atoms with van der Waals surface area (Å²) >= 11 is 0. The predicted molar refractivity (Wildman–Crippen MR) is 159 cm³/mol. The second-order valence-electron chi connectivity index (χ2n) is 10.7. The number of aromatic hydroxyl groups is 2. The minimum Gasteiger partial charge on any atom is -0.507 e. The molecule has 2 aliphatic rings. The largest absolute Gasteiger partial charge is 0.507 e. The lowest BCUT2D eigenvalue weighted by atomic mass is 10.0. The minimum absolute atomic E-state index is 0.0545. The van der Waals surface area contributed by atoms with Crippen LogP contribution in [0.3, 0.4) is 0 Å². The zero-order valence-electron chi connectivity index (χ0n) is 23.3. The molecule has 0 bridgehead atoms. The van der Waals surface area contributed by atoms with Gasteiger partial charge in [-0.05, 0) is 37.1 Å². The van der Waals surface area contributed by atoms with Gasteiger partial charge in [-0.2, -0.15) is 15.0 Å². The third-order valence-electron chi connectivity index (χ3n) is 7.16. The Bertz CT molecular complexity index is 1380. The Hall–Kier alpha value is -4.44. The molecule has 2 aromatic carbocycles. The molecule has 15 nitrogen and oxygen atoms in total. The molecule has 12 N–H and O–H groups in total. The van der Waals surface area contributed by atoms with Gasteiger partial charge in [0.2, 0.25) is 17.8 Å². The van der Waals surface area contributed by atoms with Crippen molar-refractivity contribution in [2.75, 3.05) is 53.7 Å². The number of phenolic OH excluding ortho intramolecular Hbond substituents is 2. The molecule has 0 aliphatic carbocycles. The van der Waals surface area contributed by atoms with Gasteiger partial charge in [-0.3, -0.25) is 4.79 Å². The number of rotatable bonds is 7. The van der Waals surface area contributed by atoms with Gasteiger partial charge in [-0.1, -0.05) is 6.07 Å². The summed E-state index contributed by atoms with van der Waals surface area (Å²) in [6.45, 7) is 2.14. The number of carbonyl (C=O) groups is 1. The van der Waals surface area contributed by atoms with Crippen LogP contribution in [0.2, 0.25) is 0 Å². The Balaban J connectivity index is 1.40. The highest BCUT2D eigenvalue weighted by Gasteiger charge is 2.29. The Morgan fingerprint density at radius 2 is 1.43 bits per heavy atom. The Morgan fingerprint density at radius 3 is 1.95 bits per heavy atom. The molecule has 3 heterocycles. The number of carbonyl (C=O) groups excluding carboxylic acids is 1. The topological polar surface area (TPSA) is 240 Å². The maximum absolute atomic E-state index is 12.9. The van der Waals surface area contributed by atoms with E-state index in [0.29, 0.717) is 56.6 Å². The fourth-order valence-corrected chi connectivity index (χ4v) is 5.32. The normalized spacial score (nSPS) is 22.5. The lowest BCUT2D eigenvalue weighted by Gasteiger charge is -2.37. The van der Waals surface area contributed by atoms with E-state index in [-0.39, 0.29) is 58.6 Å². The van der Waals surface area contributed by atoms with Crippen molar-refractivity contribution in [1.29, 1.82) is 0 Å². The molecule has 5 rings (SSSR count). The number of hydrogen-bond acceptors (Lipinski definition) is 14. The maximum Gasteiger partial charge on any atom is 0.263 e. The Labute approximate surface area is 242 Å². The van der Waals surface area contributed by atoms with E-state index in [9.17, 15) is 15.0 Å². The van der Waals surface area contributed by atoms with Crippen molar-refractivity contribution in [3.63, 3.8) is 0 Å². The molecule has 2 fully saturated rings. The van der Waals surface area contributed by atoms with Crippen molar-refractivity contribution in [2.45, 2.75) is 37.0 Å². The smallest absolute Gasteiger partial charge is 0.263 e. The van der Waals surface area contributed by atoms with Crippen LogP contribution in [-0.4, -0.2) is 88.5 Å². The zero-order chi connectivity index (χ0) is 30.0. The molecule has 4 atom stereocenters. The number of ether oxygens (including phenoxy) is 1. The van der Waals surface area contributed by atoms with E-state index in [0.717, 1.165) is 0 Å². The second-order valence-corrected chi connectivity index (χ2v) is 10.7. The molecule has 0 spiro atoms. The van der Waals surface area contributed by atoms with Gasteiger partial charge >= 0.3 is 0 Å². The van der Waals surface area contributed by atoms with Crippen LogP contribution in [-0.2, 0) is 0 Å². The number of nitrogens with one attached hydrogen (secondary N) is 2. The first kappa shape index (κ1) is 29.1. The first-order valence-electron chi connectivity index (χ1n) is 13.6. The van der Waals surface area contributed by atoms with Gasteiger partial charge < -0.3 is 58.3 Å². The standard InChI is InChI=1S/C27H37N11O4/c1-42-22-4-2-3-20(39)23(22)24(41)33-19-6-5-18(9-21(19)40)32-25-34-26(37-10-14(28)7-15(29)11-37)36-27(35-25)38-12-16(30)8-17(31)13-38/h2-6,9,14-17,39-40H,7-8,10-13,28-31H2,1H3,(H,33,41)(H,32,34,35,36). The first-order valence-corrected chi connectivity index (χ1v) is 13.6. The molecule has 0 radical (unpaired) electrons. The summed E-state index contributed by atoms with van der Waals surface area (Å²) in [5.74, 6) is 0.110. The number of hydrogen-bond donors (Lipinski definition) is 8. The SMILES string of the molecule is COc1cccc(O)c1C(=O)Nc1ccc(Nc2nc(N3CC(N)CC(N)C3)nc(N3CC(N)CC(N)C3)n2)cc1O. The average molecular weight is 580 g/mol. The lowest BCUT2D eigenvalue weighted by molar-refractivity contribution is 0.102. The summed E-state index contributed by atoms with van der Waals surface area (Å²) in [7, 11) is 1.39. The zero-order valence-corrected chi connectivity index (χ0v) is 23.3. The van der Waals surface area contributed by atoms with Gasteiger partial charge in [0.25, 0.3) is 5.91 Å². The summed E-state index contributed by atoms with van der Waals surface area (Å²) in [4.78, 5) is 30.7. The molecule has 0 saturated carbocycles. The highest BCUT2D eigenvalue weighted by Crippen LogP contribution is 2.32. The van der Waals surface area contributed by atoms with Gasteiger partial charge in [-0.25, -0.2) is 0 Å². The van der Waals surface area contributed by atoms with Crippen molar-refractivity contribution in [2.24, 2.45) is 22.9 Å². The number of phenols is 2. The summed E-state index contributed by atoms with van der Waals surface area (Å²) in [6, 6.07) is 8.55. The molecule has 2 saturated heterocycles. The lowest BCUT2D eigenvalue weighted by Crippen LogP contribution is -2.54. The van der Waals surface area contributed by atoms with E-state index in [4.69, 9.17) is 32.7 Å². The van der Waals surface area contributed by atoms with Crippen LogP contribution in [0.15, 0.2) is 36.4 Å². The van der Waals surface area contributed by atoms with E-state index in [1.165, 1.54) is 25.3 Å². The Morgan fingerprint density at radius 1 is 0.857 bits per heavy atom. The van der Waals surface area contributed by atoms with Crippen molar-refractivity contribution in [3.8, 4) is 17.2 Å². The third kappa shape index (κ3) is 6.54. The average Bonchev–Trinajstić information content (AvgIpc) is 2.93. The van der Waals surface area contributed by atoms with E-state index in [2.05, 4.69) is 20.6 Å². The highest BCUT2D eigenvalue weighted by atomic mass is 16.5. The molecular formula is C27H37N11O4. The number of anilines is 5. The predicted octanol–water partition coefficient (Wildman–Crippen LogP) is 0.0167. The van der Waals surface area contributed by atoms with E-state index < -0.39 is 5.91 Å². The van der Waals surface area contributed by atoms with Gasteiger partial charge in [0.1, 0.15) is 22.8 Å². The number of piperidine rings is 2. The highest BCUT2D eigenvalue weighted by molar-refractivity contribution is 6.08. The summed E-state index contributed by atoms with van der Waals surface area (Å²) < 4.78 is 5.18. The monoisotopic (exact) mass is 579 g/mol. The molecular weight excluding hydrogens is 542 g/mol. The summed E-state index contributed by atoms with van der Waals surface area (Å²) in [5, 5.41) is 26.6. The fraction of sp³-hybridized carbons (Fsp3) is 0.407. The van der Waals surface area contributed by atoms with Crippen molar-refractivity contribution in [3.05, 3.63) is 42.0 Å². The number of nitrogens with two attached hydrogens (primary N) is 4. The van der Waals surface area contributed by atoms with Gasteiger partial charge in [0.05, 0.1) is 12.8 Å². The molecule has 42 heavy (non-hydrogen) atoms. The van der Waals surface area contributed by atoms with Gasteiger partial charge in [0, 0.05) is 62.1 Å². The number of methoxy groups -OCH3 is 1. The molecule has 15 heteroatoms. The number of aromatic nitrogens is 3. The van der Waals surface area contributed by atoms with Crippen molar-refractivity contribution < 1.29 is 19.7 Å². The summed E-state index contributed by atoms with van der Waals surface area (Å²) in [6.07, 6.45) is 1.41. The number of amides is 1. The fourth-order valence-electron chi connectivity index (χ4n) is 5.32. The van der Waals surface area contributed by atoms with Crippen LogP contribution >= 0.6 is 0 Å². The first-order chi connectivity index (χ1) is 20.1. The molecule has 224 valence electrons. The van der Waals surface area contributed by atoms with Crippen LogP contribution in [0.5, 0.6) is 17.2 Å². The third-order valence-corrected chi connectivity index (χ3v) is 7.16. The quantitative estimate of drug-likeness (QED) is 0.172. The van der Waals surface area contributed by atoms with Crippen LogP contribution in [0.25, 0.3) is 0 Å². The summed E-state index contributed by atoms with van der Waals surface area (Å²) in [5.41, 5.74) is 25.4. The molecule has 3 aromatic rings. The van der Waals surface area contributed by atoms with Crippen molar-refractivity contribution in [1.82, 2.24) is 15.0 Å². The van der Waals surface area contributed by atoms with Gasteiger partial charge in [-0.15, -0.1) is 0 Å². The van der Waals surface area contributed by atoms with Crippen LogP contribution in [0, 0.1) is 0 Å². The van der Waals surface area contributed by atoms with Crippen molar-refractivity contribution >= 4 is 35.1 Å². The Kier molecular flexibility index (Phi) is 8.44. The van der Waals surface area contributed by atoms with E-state index in [1.807, 2.05) is 9.80 Å². The maximum atomic E-state index is 12.9. The van der Waals surface area contributed by atoms with E-state index in [1.54, 1.807) is 18.2 Å². The van der Waals surface area contributed by atoms with Gasteiger partial charge in [0.15, 0.2) is 0 Å². The molecule has 1 aromatic heterocycles. The molecule has 4 unspecified atom stereocenters. The number of benzene rings is 2. The number of nitrogens with zero attached hydrogens (tertiary/aromatic N) is 5. The van der Waals surface area contributed by atoms with E-state index >= 15 is 0 Å². The second kappa shape index (κ2) is 12.2. The molecule has 2 aliphatic heterocycles. The van der Waals surface area contributed by atoms with Crippen LogP contribution < -0.4 is 48.1 Å². The van der Waals surface area contributed by atoms with Crippen LogP contribution in [0.4, 0.5) is 29.2 Å². The van der Waals surface area contributed by atoms with Crippen LogP contribution in [0.1, 0.15) is 23.2 Å².